The Balaban J connectivity index is 2.26. The predicted molar refractivity (Wildman–Crippen MR) is 74.4 cm³/mol. The van der Waals surface area contributed by atoms with Gasteiger partial charge in [0.25, 0.3) is 0 Å². The van der Waals surface area contributed by atoms with Crippen LogP contribution in [0.2, 0.25) is 5.02 Å². The van der Waals surface area contributed by atoms with Gasteiger partial charge in [-0.1, -0.05) is 23.7 Å². The molecule has 0 aliphatic heterocycles. The second-order valence-electron chi connectivity index (χ2n) is 4.36. The molecule has 0 saturated heterocycles. The van der Waals surface area contributed by atoms with E-state index in [1.54, 1.807) is 30.5 Å². The van der Waals surface area contributed by atoms with Gasteiger partial charge in [-0.05, 0) is 17.7 Å². The number of halogens is 1. The lowest BCUT2D eigenvalue weighted by Gasteiger charge is -2.17. The molecule has 20 heavy (non-hydrogen) atoms. The highest BCUT2D eigenvalue weighted by molar-refractivity contribution is 6.35. The molecule has 2 rings (SSSR count). The molecule has 0 radical (unpaired) electrons. The van der Waals surface area contributed by atoms with Gasteiger partial charge in [-0.15, -0.1) is 0 Å². The number of carbonyl (C=O) groups excluding carboxylic acids is 1. The number of carbonyl (C=O) groups is 1. The van der Waals surface area contributed by atoms with E-state index in [0.29, 0.717) is 16.1 Å². The highest BCUT2D eigenvalue weighted by Gasteiger charge is 2.22. The van der Waals surface area contributed by atoms with Crippen LogP contribution >= 0.6 is 11.6 Å². The van der Waals surface area contributed by atoms with E-state index in [9.17, 15) is 15.0 Å². The first-order valence-corrected chi connectivity index (χ1v) is 6.38. The third kappa shape index (κ3) is 3.07. The van der Waals surface area contributed by atoms with Crippen LogP contribution in [0, 0.1) is 0 Å². The number of aliphatic hydroxyl groups is 2. The second kappa shape index (κ2) is 6.17. The molecule has 5 nitrogen and oxygen atoms in total. The number of aliphatic hydroxyl groups excluding tert-OH is 2. The van der Waals surface area contributed by atoms with E-state index >= 15 is 0 Å². The molecule has 2 unspecified atom stereocenters. The Kier molecular flexibility index (Phi) is 4.54. The normalized spacial score (nSPS) is 14.0. The van der Waals surface area contributed by atoms with E-state index in [0.717, 1.165) is 5.39 Å². The van der Waals surface area contributed by atoms with Crippen LogP contribution < -0.4 is 0 Å². The van der Waals surface area contributed by atoms with Crippen molar-refractivity contribution in [3.8, 4) is 0 Å². The van der Waals surface area contributed by atoms with E-state index in [2.05, 4.69) is 9.72 Å². The van der Waals surface area contributed by atoms with E-state index < -0.39 is 18.2 Å². The van der Waals surface area contributed by atoms with E-state index in [1.165, 1.54) is 7.11 Å². The van der Waals surface area contributed by atoms with Crippen molar-refractivity contribution < 1.29 is 19.7 Å². The maximum Gasteiger partial charge on any atom is 0.308 e. The summed E-state index contributed by atoms with van der Waals surface area (Å²) in [7, 11) is 1.23. The number of benzene rings is 1. The van der Waals surface area contributed by atoms with Crippen LogP contribution in [-0.2, 0) is 9.53 Å². The van der Waals surface area contributed by atoms with Crippen molar-refractivity contribution in [3.05, 3.63) is 41.0 Å². The molecule has 1 aromatic heterocycles. The van der Waals surface area contributed by atoms with E-state index in [-0.39, 0.29) is 6.42 Å². The standard InChI is InChI=1S/C14H14ClNO4/c1-20-13(18)7-12(17)14(19)8-2-3-9-10(15)4-5-16-11(9)6-8/h2-6,12,14,17,19H,7H2,1H3. The maximum absolute atomic E-state index is 11.1. The molecule has 1 heterocycles. The van der Waals surface area contributed by atoms with Crippen molar-refractivity contribution in [2.75, 3.05) is 7.11 Å². The molecule has 0 spiro atoms. The summed E-state index contributed by atoms with van der Waals surface area (Å²) in [6.07, 6.45) is -1.15. The van der Waals surface area contributed by atoms with Gasteiger partial charge in [0.1, 0.15) is 6.10 Å². The predicted octanol–water partition coefficient (Wildman–Crippen LogP) is 1.85. The largest absolute Gasteiger partial charge is 0.469 e. The molecule has 1 aromatic carbocycles. The highest BCUT2D eigenvalue weighted by atomic mass is 35.5. The summed E-state index contributed by atoms with van der Waals surface area (Å²) in [5.74, 6) is -0.585. The number of nitrogens with zero attached hydrogens (tertiary/aromatic N) is 1. The van der Waals surface area contributed by atoms with Gasteiger partial charge >= 0.3 is 5.97 Å². The van der Waals surface area contributed by atoms with E-state index in [4.69, 9.17) is 11.6 Å². The van der Waals surface area contributed by atoms with Crippen molar-refractivity contribution in [3.63, 3.8) is 0 Å². The van der Waals surface area contributed by atoms with Gasteiger partial charge in [0.15, 0.2) is 0 Å². The monoisotopic (exact) mass is 295 g/mol. The molecule has 0 fully saturated rings. The van der Waals surface area contributed by atoms with Crippen LogP contribution in [0.5, 0.6) is 0 Å². The minimum absolute atomic E-state index is 0.279. The number of ether oxygens (including phenoxy) is 1. The summed E-state index contributed by atoms with van der Waals surface area (Å²) in [6.45, 7) is 0. The second-order valence-corrected chi connectivity index (χ2v) is 4.77. The van der Waals surface area contributed by atoms with Crippen molar-refractivity contribution in [2.24, 2.45) is 0 Å². The van der Waals surface area contributed by atoms with Crippen molar-refractivity contribution in [2.45, 2.75) is 18.6 Å². The van der Waals surface area contributed by atoms with Gasteiger partial charge < -0.3 is 14.9 Å². The van der Waals surface area contributed by atoms with E-state index in [1.807, 2.05) is 0 Å². The molecule has 0 amide bonds. The van der Waals surface area contributed by atoms with Crippen molar-refractivity contribution in [1.82, 2.24) is 4.98 Å². The summed E-state index contributed by atoms with van der Waals surface area (Å²) in [5, 5.41) is 21.2. The SMILES string of the molecule is COC(=O)CC(O)C(O)c1ccc2c(Cl)ccnc2c1. The first-order chi connectivity index (χ1) is 9.52. The topological polar surface area (TPSA) is 79.7 Å². The van der Waals surface area contributed by atoms with Crippen LogP contribution in [0.25, 0.3) is 10.9 Å². The molecule has 2 atom stereocenters. The van der Waals surface area contributed by atoms with Crippen LogP contribution in [0.1, 0.15) is 18.1 Å². The quantitative estimate of drug-likeness (QED) is 0.842. The number of pyridine rings is 1. The first kappa shape index (κ1) is 14.7. The first-order valence-electron chi connectivity index (χ1n) is 6.00. The maximum atomic E-state index is 11.1. The highest BCUT2D eigenvalue weighted by Crippen LogP contribution is 2.26. The number of rotatable bonds is 4. The zero-order valence-corrected chi connectivity index (χ0v) is 11.5. The van der Waals surface area contributed by atoms with Gasteiger partial charge in [-0.3, -0.25) is 9.78 Å². The number of aromatic nitrogens is 1. The Morgan fingerprint density at radius 2 is 2.15 bits per heavy atom. The van der Waals surface area contributed by atoms with Gasteiger partial charge in [-0.2, -0.15) is 0 Å². The third-order valence-corrected chi connectivity index (χ3v) is 3.35. The minimum Gasteiger partial charge on any atom is -0.469 e. The molecular weight excluding hydrogens is 282 g/mol. The van der Waals surface area contributed by atoms with Gasteiger partial charge in [0.2, 0.25) is 0 Å². The zero-order chi connectivity index (χ0) is 14.7. The number of hydrogen-bond donors (Lipinski definition) is 2. The lowest BCUT2D eigenvalue weighted by atomic mass is 10.0. The van der Waals surface area contributed by atoms with Crippen LogP contribution in [0.15, 0.2) is 30.5 Å². The van der Waals surface area contributed by atoms with Gasteiger partial charge in [0, 0.05) is 11.6 Å². The lowest BCUT2D eigenvalue weighted by Crippen LogP contribution is -2.22. The summed E-state index contributed by atoms with van der Waals surface area (Å²) >= 11 is 6.03. The Labute approximate surface area is 120 Å². The molecule has 6 heteroatoms. The van der Waals surface area contributed by atoms with Crippen LogP contribution in [0.3, 0.4) is 0 Å². The summed E-state index contributed by atoms with van der Waals surface area (Å²) in [4.78, 5) is 15.2. The molecule has 0 bridgehead atoms. The van der Waals surface area contributed by atoms with Gasteiger partial charge in [0.05, 0.1) is 30.2 Å². The molecule has 2 N–H and O–H groups in total. The van der Waals surface area contributed by atoms with Crippen molar-refractivity contribution in [1.29, 1.82) is 0 Å². The molecule has 0 aliphatic rings. The number of fused-ring (bicyclic) bond motifs is 1. The number of hydrogen-bond acceptors (Lipinski definition) is 5. The van der Waals surface area contributed by atoms with Crippen molar-refractivity contribution >= 4 is 28.5 Å². The molecule has 0 saturated carbocycles. The van der Waals surface area contributed by atoms with Gasteiger partial charge in [-0.25, -0.2) is 0 Å². The zero-order valence-electron chi connectivity index (χ0n) is 10.8. The fourth-order valence-corrected chi connectivity index (χ4v) is 2.12. The third-order valence-electron chi connectivity index (χ3n) is 3.02. The molecule has 2 aromatic rings. The minimum atomic E-state index is -1.24. The Morgan fingerprint density at radius 3 is 2.85 bits per heavy atom. The Morgan fingerprint density at radius 1 is 1.40 bits per heavy atom. The fourth-order valence-electron chi connectivity index (χ4n) is 1.90. The molecule has 106 valence electrons. The smallest absolute Gasteiger partial charge is 0.308 e. The average Bonchev–Trinajstić information content (AvgIpc) is 2.46. The Bertz CT molecular complexity index is 632. The lowest BCUT2D eigenvalue weighted by molar-refractivity contribution is -0.144. The molecular formula is C14H14ClNO4. The summed E-state index contributed by atoms with van der Waals surface area (Å²) in [5.41, 5.74) is 1.07. The van der Waals surface area contributed by atoms with Crippen LogP contribution in [0.4, 0.5) is 0 Å². The number of esters is 1. The average molecular weight is 296 g/mol. The Hall–Kier alpha value is -1.69. The summed E-state index contributed by atoms with van der Waals surface area (Å²) < 4.78 is 4.45. The summed E-state index contributed by atoms with van der Waals surface area (Å²) in [6, 6.07) is 6.66. The fraction of sp³-hybridized carbons (Fsp3) is 0.286. The number of methoxy groups -OCH3 is 1. The molecule has 0 aliphatic carbocycles. The van der Waals surface area contributed by atoms with Crippen LogP contribution in [-0.4, -0.2) is 34.4 Å².